The lowest BCUT2D eigenvalue weighted by Gasteiger charge is -2.33. The molecule has 0 spiro atoms. The molecule has 1 N–H and O–H groups in total. The SMILES string of the molecule is CCNc1ncc(Cl)c(N2CCN(C)CC2)n1. The van der Waals surface area contributed by atoms with Gasteiger partial charge in [-0.25, -0.2) is 4.98 Å². The number of rotatable bonds is 3. The Morgan fingerprint density at radius 1 is 1.35 bits per heavy atom. The first-order valence-corrected chi connectivity index (χ1v) is 6.28. The zero-order valence-corrected chi connectivity index (χ0v) is 11.0. The lowest BCUT2D eigenvalue weighted by molar-refractivity contribution is 0.312. The first kappa shape index (κ1) is 12.4. The van der Waals surface area contributed by atoms with Crippen molar-refractivity contribution in [1.29, 1.82) is 0 Å². The number of likely N-dealkylation sites (N-methyl/N-ethyl adjacent to an activating group) is 1. The van der Waals surface area contributed by atoms with E-state index in [9.17, 15) is 0 Å². The lowest BCUT2D eigenvalue weighted by Crippen LogP contribution is -2.45. The largest absolute Gasteiger partial charge is 0.354 e. The molecule has 0 saturated carbocycles. The van der Waals surface area contributed by atoms with E-state index in [4.69, 9.17) is 11.6 Å². The summed E-state index contributed by atoms with van der Waals surface area (Å²) in [5.74, 6) is 1.48. The second-order valence-electron chi connectivity index (χ2n) is 4.19. The van der Waals surface area contributed by atoms with E-state index in [-0.39, 0.29) is 0 Å². The normalized spacial score (nSPS) is 17.2. The van der Waals surface area contributed by atoms with Crippen LogP contribution < -0.4 is 10.2 Å². The highest BCUT2D eigenvalue weighted by molar-refractivity contribution is 6.32. The van der Waals surface area contributed by atoms with E-state index in [1.165, 1.54) is 0 Å². The molecule has 0 aromatic carbocycles. The number of hydrogen-bond donors (Lipinski definition) is 1. The van der Waals surface area contributed by atoms with Gasteiger partial charge in [0.15, 0.2) is 5.82 Å². The zero-order chi connectivity index (χ0) is 12.3. The molecule has 5 nitrogen and oxygen atoms in total. The van der Waals surface area contributed by atoms with Crippen LogP contribution in [0, 0.1) is 0 Å². The van der Waals surface area contributed by atoms with E-state index in [0.717, 1.165) is 38.5 Å². The van der Waals surface area contributed by atoms with Gasteiger partial charge in [-0.1, -0.05) is 11.6 Å². The number of anilines is 2. The first-order chi connectivity index (χ1) is 8.20. The van der Waals surface area contributed by atoms with Crippen LogP contribution in [-0.4, -0.2) is 54.6 Å². The molecule has 0 bridgehead atoms. The molecule has 0 atom stereocenters. The second kappa shape index (κ2) is 5.51. The van der Waals surface area contributed by atoms with Gasteiger partial charge in [-0.3, -0.25) is 0 Å². The van der Waals surface area contributed by atoms with Crippen LogP contribution in [0.2, 0.25) is 5.02 Å². The summed E-state index contributed by atoms with van der Waals surface area (Å²) in [4.78, 5) is 13.1. The molecule has 1 aromatic heterocycles. The third-order valence-corrected chi connectivity index (χ3v) is 3.13. The highest BCUT2D eigenvalue weighted by atomic mass is 35.5. The highest BCUT2D eigenvalue weighted by Crippen LogP contribution is 2.24. The molecule has 2 heterocycles. The van der Waals surface area contributed by atoms with Crippen molar-refractivity contribution >= 4 is 23.4 Å². The van der Waals surface area contributed by atoms with Gasteiger partial charge in [-0.15, -0.1) is 0 Å². The van der Waals surface area contributed by atoms with Crippen molar-refractivity contribution in [2.24, 2.45) is 0 Å². The number of piperazine rings is 1. The van der Waals surface area contributed by atoms with Crippen molar-refractivity contribution < 1.29 is 0 Å². The predicted octanol–water partition coefficient (Wildman–Crippen LogP) is 1.31. The maximum Gasteiger partial charge on any atom is 0.224 e. The van der Waals surface area contributed by atoms with E-state index >= 15 is 0 Å². The Hall–Kier alpha value is -1.07. The summed E-state index contributed by atoms with van der Waals surface area (Å²) < 4.78 is 0. The Labute approximate surface area is 107 Å². The van der Waals surface area contributed by atoms with Crippen LogP contribution in [0.5, 0.6) is 0 Å². The molecule has 1 aromatic rings. The van der Waals surface area contributed by atoms with Gasteiger partial charge in [-0.05, 0) is 14.0 Å². The summed E-state index contributed by atoms with van der Waals surface area (Å²) in [6.45, 7) is 6.82. The topological polar surface area (TPSA) is 44.3 Å². The van der Waals surface area contributed by atoms with E-state index in [1.54, 1.807) is 6.20 Å². The number of nitrogens with one attached hydrogen (secondary N) is 1. The molecule has 1 saturated heterocycles. The van der Waals surface area contributed by atoms with Gasteiger partial charge in [0.05, 0.1) is 6.20 Å². The lowest BCUT2D eigenvalue weighted by atomic mass is 10.3. The fraction of sp³-hybridized carbons (Fsp3) is 0.636. The average molecular weight is 256 g/mol. The van der Waals surface area contributed by atoms with E-state index in [1.807, 2.05) is 6.92 Å². The van der Waals surface area contributed by atoms with Crippen LogP contribution in [-0.2, 0) is 0 Å². The van der Waals surface area contributed by atoms with Gasteiger partial charge in [0, 0.05) is 32.7 Å². The van der Waals surface area contributed by atoms with Crippen LogP contribution in [0.25, 0.3) is 0 Å². The van der Waals surface area contributed by atoms with Crippen LogP contribution in [0.3, 0.4) is 0 Å². The zero-order valence-electron chi connectivity index (χ0n) is 10.3. The standard InChI is InChI=1S/C11H18ClN5/c1-3-13-11-14-8-9(12)10(15-11)17-6-4-16(2)5-7-17/h8H,3-7H2,1-2H3,(H,13,14,15). The summed E-state index contributed by atoms with van der Waals surface area (Å²) >= 11 is 6.16. The van der Waals surface area contributed by atoms with Gasteiger partial charge in [0.2, 0.25) is 5.95 Å². The van der Waals surface area contributed by atoms with Gasteiger partial charge in [-0.2, -0.15) is 4.98 Å². The molecule has 1 aliphatic rings. The maximum absolute atomic E-state index is 6.16. The Balaban J connectivity index is 2.15. The van der Waals surface area contributed by atoms with Crippen LogP contribution in [0.1, 0.15) is 6.92 Å². The van der Waals surface area contributed by atoms with Crippen molar-refractivity contribution in [2.75, 3.05) is 50.0 Å². The third kappa shape index (κ3) is 2.98. The molecule has 17 heavy (non-hydrogen) atoms. The molecule has 2 rings (SSSR count). The highest BCUT2D eigenvalue weighted by Gasteiger charge is 2.18. The summed E-state index contributed by atoms with van der Waals surface area (Å²) in [5, 5.41) is 3.73. The van der Waals surface area contributed by atoms with E-state index < -0.39 is 0 Å². The first-order valence-electron chi connectivity index (χ1n) is 5.90. The van der Waals surface area contributed by atoms with Gasteiger partial charge < -0.3 is 15.1 Å². The molecule has 1 fully saturated rings. The maximum atomic E-state index is 6.16. The van der Waals surface area contributed by atoms with Crippen molar-refractivity contribution in [3.63, 3.8) is 0 Å². The van der Waals surface area contributed by atoms with Gasteiger partial charge in [0.25, 0.3) is 0 Å². The third-order valence-electron chi connectivity index (χ3n) is 2.86. The van der Waals surface area contributed by atoms with Crippen molar-refractivity contribution in [2.45, 2.75) is 6.92 Å². The predicted molar refractivity (Wildman–Crippen MR) is 70.9 cm³/mol. The minimum atomic E-state index is 0.621. The molecule has 0 unspecified atom stereocenters. The molecule has 94 valence electrons. The van der Waals surface area contributed by atoms with Crippen molar-refractivity contribution in [3.05, 3.63) is 11.2 Å². The summed E-state index contributed by atoms with van der Waals surface area (Å²) in [6.07, 6.45) is 1.67. The monoisotopic (exact) mass is 255 g/mol. The smallest absolute Gasteiger partial charge is 0.224 e. The second-order valence-corrected chi connectivity index (χ2v) is 4.59. The minimum Gasteiger partial charge on any atom is -0.354 e. The number of hydrogen-bond acceptors (Lipinski definition) is 5. The fourth-order valence-electron chi connectivity index (χ4n) is 1.84. The molecule has 6 heteroatoms. The Kier molecular flexibility index (Phi) is 4.02. The van der Waals surface area contributed by atoms with Crippen LogP contribution in [0.4, 0.5) is 11.8 Å². The quantitative estimate of drug-likeness (QED) is 0.883. The Morgan fingerprint density at radius 2 is 2.06 bits per heavy atom. The molecular formula is C11H18ClN5. The molecular weight excluding hydrogens is 238 g/mol. The van der Waals surface area contributed by atoms with E-state index in [2.05, 4.69) is 32.1 Å². The Morgan fingerprint density at radius 3 is 2.71 bits per heavy atom. The van der Waals surface area contributed by atoms with Gasteiger partial charge >= 0.3 is 0 Å². The summed E-state index contributed by atoms with van der Waals surface area (Å²) in [5.41, 5.74) is 0. The molecule has 0 radical (unpaired) electrons. The average Bonchev–Trinajstić information content (AvgIpc) is 2.33. The van der Waals surface area contributed by atoms with Crippen molar-refractivity contribution in [3.8, 4) is 0 Å². The van der Waals surface area contributed by atoms with E-state index in [0.29, 0.717) is 11.0 Å². The fourth-order valence-corrected chi connectivity index (χ4v) is 2.05. The van der Waals surface area contributed by atoms with Gasteiger partial charge in [0.1, 0.15) is 5.02 Å². The Bertz CT molecular complexity index is 376. The summed E-state index contributed by atoms with van der Waals surface area (Å²) in [6, 6.07) is 0. The number of halogens is 1. The number of nitrogens with zero attached hydrogens (tertiary/aromatic N) is 4. The van der Waals surface area contributed by atoms with Crippen molar-refractivity contribution in [1.82, 2.24) is 14.9 Å². The molecule has 0 amide bonds. The molecule has 0 aliphatic carbocycles. The van der Waals surface area contributed by atoms with Crippen LogP contribution in [0.15, 0.2) is 6.20 Å². The van der Waals surface area contributed by atoms with Crippen LogP contribution >= 0.6 is 11.6 Å². The minimum absolute atomic E-state index is 0.621. The summed E-state index contributed by atoms with van der Waals surface area (Å²) in [7, 11) is 2.13. The number of aromatic nitrogens is 2. The molecule has 1 aliphatic heterocycles.